The summed E-state index contributed by atoms with van der Waals surface area (Å²) in [6.45, 7) is 23.1. The molecule has 1 fully saturated rings. The van der Waals surface area contributed by atoms with Crippen molar-refractivity contribution in [2.24, 2.45) is 5.92 Å². The van der Waals surface area contributed by atoms with E-state index < -0.39 is 0 Å². The van der Waals surface area contributed by atoms with E-state index >= 15 is 0 Å². The predicted octanol–water partition coefficient (Wildman–Crippen LogP) is 9.94. The van der Waals surface area contributed by atoms with Crippen LogP contribution in [0, 0.1) is 5.92 Å². The lowest BCUT2D eigenvalue weighted by molar-refractivity contribution is 0.361. The molecule has 0 aromatic heterocycles. The zero-order chi connectivity index (χ0) is 26.9. The number of anilines is 2. The van der Waals surface area contributed by atoms with E-state index in [4.69, 9.17) is 11.6 Å². The van der Waals surface area contributed by atoms with Crippen LogP contribution in [0.5, 0.6) is 0 Å². The Morgan fingerprint density at radius 1 is 0.946 bits per heavy atom. The highest BCUT2D eigenvalue weighted by Gasteiger charge is 2.22. The fourth-order valence-corrected chi connectivity index (χ4v) is 5.57. The van der Waals surface area contributed by atoms with Crippen LogP contribution < -0.4 is 10.2 Å². The third-order valence-corrected chi connectivity index (χ3v) is 8.03. The van der Waals surface area contributed by atoms with Crippen LogP contribution in [0.4, 0.5) is 11.4 Å². The van der Waals surface area contributed by atoms with Gasteiger partial charge in [-0.2, -0.15) is 0 Å². The number of nitrogens with zero attached hydrogens (tertiary/aromatic N) is 1. The maximum absolute atomic E-state index is 6.76. The van der Waals surface area contributed by atoms with Gasteiger partial charge in [-0.25, -0.2) is 0 Å². The molecule has 0 radical (unpaired) electrons. The van der Waals surface area contributed by atoms with Crippen molar-refractivity contribution in [2.45, 2.75) is 59.4 Å². The van der Waals surface area contributed by atoms with Crippen LogP contribution >= 0.6 is 11.6 Å². The highest BCUT2D eigenvalue weighted by atomic mass is 35.5. The summed E-state index contributed by atoms with van der Waals surface area (Å²) in [5, 5.41) is 4.49. The van der Waals surface area contributed by atoms with E-state index in [-0.39, 0.29) is 0 Å². The largest absolute Gasteiger partial charge is 0.382 e. The number of nitrogens with one attached hydrogen (secondary N) is 1. The van der Waals surface area contributed by atoms with Crippen molar-refractivity contribution in [3.8, 4) is 0 Å². The molecule has 196 valence electrons. The normalized spacial score (nSPS) is 18.6. The minimum absolute atomic E-state index is 0.488. The molecule has 2 aromatic carbocycles. The molecule has 0 unspecified atom stereocenters. The Morgan fingerprint density at radius 2 is 1.57 bits per heavy atom. The van der Waals surface area contributed by atoms with Gasteiger partial charge in [0.1, 0.15) is 0 Å². The molecule has 0 heterocycles. The Labute approximate surface area is 230 Å². The summed E-state index contributed by atoms with van der Waals surface area (Å²) in [6, 6.07) is 13.6. The first-order valence-electron chi connectivity index (χ1n) is 13.6. The number of benzene rings is 2. The average molecular weight is 515 g/mol. The lowest BCUT2D eigenvalue weighted by Gasteiger charge is -2.29. The predicted molar refractivity (Wildman–Crippen MR) is 167 cm³/mol. The fourth-order valence-electron chi connectivity index (χ4n) is 5.40. The van der Waals surface area contributed by atoms with E-state index in [1.807, 2.05) is 31.2 Å². The molecule has 0 amide bonds. The third kappa shape index (κ3) is 6.48. The molecule has 0 atom stereocenters. The first-order valence-corrected chi connectivity index (χ1v) is 14.0. The fraction of sp³-hybridized carbons (Fsp3) is 0.353. The van der Waals surface area contributed by atoms with Gasteiger partial charge in [0.05, 0.1) is 0 Å². The molecule has 0 saturated heterocycles. The van der Waals surface area contributed by atoms with Crippen molar-refractivity contribution >= 4 is 40.7 Å². The zero-order valence-electron chi connectivity index (χ0n) is 23.1. The van der Waals surface area contributed by atoms with Crippen LogP contribution in [0.2, 0.25) is 0 Å². The van der Waals surface area contributed by atoms with E-state index in [9.17, 15) is 0 Å². The van der Waals surface area contributed by atoms with Crippen LogP contribution in [0.15, 0.2) is 78.9 Å². The number of hydrogen-bond donors (Lipinski definition) is 1. The Hall–Kier alpha value is -2.97. The number of allylic oxidation sites excluding steroid dienone is 4. The number of hydrogen-bond acceptors (Lipinski definition) is 2. The zero-order valence-corrected chi connectivity index (χ0v) is 23.9. The maximum atomic E-state index is 6.76. The second kappa shape index (κ2) is 13.5. The molecule has 37 heavy (non-hydrogen) atoms. The smallest absolute Gasteiger partial charge is 0.0441 e. The average Bonchev–Trinajstić information content (AvgIpc) is 2.93. The van der Waals surface area contributed by atoms with Crippen molar-refractivity contribution in [1.29, 1.82) is 0 Å². The topological polar surface area (TPSA) is 15.3 Å². The van der Waals surface area contributed by atoms with E-state index in [1.54, 1.807) is 0 Å². The molecule has 2 nitrogen and oxygen atoms in total. The van der Waals surface area contributed by atoms with E-state index in [2.05, 4.69) is 87.1 Å². The van der Waals surface area contributed by atoms with Gasteiger partial charge in [-0.15, -0.1) is 0 Å². The summed E-state index contributed by atoms with van der Waals surface area (Å²) >= 11 is 6.76. The molecule has 3 heteroatoms. The Morgan fingerprint density at radius 3 is 2.08 bits per heavy atom. The Kier molecular flexibility index (Phi) is 10.5. The molecule has 0 spiro atoms. The Bertz CT molecular complexity index is 1160. The quantitative estimate of drug-likeness (QED) is 0.300. The summed E-state index contributed by atoms with van der Waals surface area (Å²) in [5.41, 5.74) is 8.55. The van der Waals surface area contributed by atoms with Gasteiger partial charge in [-0.1, -0.05) is 80.8 Å². The summed E-state index contributed by atoms with van der Waals surface area (Å²) in [7, 11) is 0. The first-order chi connectivity index (χ1) is 17.9. The highest BCUT2D eigenvalue weighted by Crippen LogP contribution is 2.39. The Balaban J connectivity index is 2.18. The van der Waals surface area contributed by atoms with Crippen molar-refractivity contribution < 1.29 is 0 Å². The third-order valence-electron chi connectivity index (χ3n) is 7.61. The molecule has 1 saturated carbocycles. The summed E-state index contributed by atoms with van der Waals surface area (Å²) in [4.78, 5) is 2.35. The summed E-state index contributed by atoms with van der Waals surface area (Å²) < 4.78 is 0. The lowest BCUT2D eigenvalue weighted by Crippen LogP contribution is -2.25. The SMILES string of the molecule is C=CC(/C(Cl)=C\C)=C(/c1ccc(N(CC)CC)cc1)c1ccc(NC2CCC(C)CC2)c(C=C)c1C=C. The molecule has 0 aliphatic heterocycles. The van der Waals surface area contributed by atoms with Gasteiger partial charge in [0.2, 0.25) is 0 Å². The van der Waals surface area contributed by atoms with Gasteiger partial charge in [-0.05, 0) is 92.8 Å². The van der Waals surface area contributed by atoms with Gasteiger partial charge >= 0.3 is 0 Å². The molecule has 1 aliphatic carbocycles. The molecule has 3 rings (SSSR count). The van der Waals surface area contributed by atoms with Crippen molar-refractivity contribution in [3.05, 3.63) is 101 Å². The van der Waals surface area contributed by atoms with Crippen LogP contribution in [0.25, 0.3) is 17.7 Å². The van der Waals surface area contributed by atoms with Gasteiger partial charge in [0.25, 0.3) is 0 Å². The van der Waals surface area contributed by atoms with Gasteiger partial charge < -0.3 is 10.2 Å². The van der Waals surface area contributed by atoms with Crippen molar-refractivity contribution in [1.82, 2.24) is 0 Å². The lowest BCUT2D eigenvalue weighted by atomic mass is 9.85. The standard InChI is InChI=1S/C34H43ClN2/c1-8-28-29(9-2)33(36-26-18-14-24(7)15-19-26)23-22-31(28)34(30(10-3)32(35)11-4)25-16-20-27(21-17-25)37(12-5)13-6/h8-11,16-17,20-24,26,36H,1-3,12-15,18-19H2,4-7H3/b32-11+,34-30+. The second-order valence-electron chi connectivity index (χ2n) is 9.85. The second-order valence-corrected chi connectivity index (χ2v) is 10.3. The van der Waals surface area contributed by atoms with Gasteiger partial charge in [0.15, 0.2) is 0 Å². The molecular weight excluding hydrogens is 472 g/mol. The summed E-state index contributed by atoms with van der Waals surface area (Å²) in [6.07, 6.45) is 12.6. The molecule has 0 bridgehead atoms. The van der Waals surface area contributed by atoms with Crippen LogP contribution in [0.3, 0.4) is 0 Å². The van der Waals surface area contributed by atoms with E-state index in [0.29, 0.717) is 11.1 Å². The first kappa shape index (κ1) is 28.6. The summed E-state index contributed by atoms with van der Waals surface area (Å²) in [5.74, 6) is 0.817. The molecule has 1 aliphatic rings. The van der Waals surface area contributed by atoms with Crippen LogP contribution in [-0.2, 0) is 0 Å². The number of rotatable bonds is 11. The van der Waals surface area contributed by atoms with E-state index in [1.165, 1.54) is 31.4 Å². The van der Waals surface area contributed by atoms with E-state index in [0.717, 1.165) is 58.1 Å². The van der Waals surface area contributed by atoms with Crippen molar-refractivity contribution in [2.75, 3.05) is 23.3 Å². The van der Waals surface area contributed by atoms with Crippen LogP contribution in [-0.4, -0.2) is 19.1 Å². The van der Waals surface area contributed by atoms with Gasteiger partial charge in [-0.3, -0.25) is 0 Å². The minimum atomic E-state index is 0.488. The van der Waals surface area contributed by atoms with Crippen LogP contribution in [0.1, 0.15) is 75.6 Å². The van der Waals surface area contributed by atoms with Crippen molar-refractivity contribution in [3.63, 3.8) is 0 Å². The molecule has 2 aromatic rings. The van der Waals surface area contributed by atoms with Gasteiger partial charge in [0, 0.05) is 46.7 Å². The minimum Gasteiger partial charge on any atom is -0.382 e. The number of halogens is 1. The monoisotopic (exact) mass is 514 g/mol. The maximum Gasteiger partial charge on any atom is 0.0441 e. The highest BCUT2D eigenvalue weighted by molar-refractivity contribution is 6.33. The molecule has 1 N–H and O–H groups in total. The molecular formula is C34H43ClN2.